The SMILES string of the molecule is Cc1ncsc1-c1ccc(CNC(=O)[C@@H]2C[C@@H](O)CN2C(=O)C(NC(=O)C(C)(C)C(O)CCCOCCCCCOc2ccc(N3C(=S)N(c4ccc(C#N)c(C(F)(F)F)c4)C(=O)C3(C)C)cc2)C(C)(C)C)cc1. The van der Waals surface area contributed by atoms with Crippen molar-refractivity contribution in [2.45, 2.75) is 136 Å². The average Bonchev–Trinajstić information content (AvgIpc) is 4.01. The number of thiazole rings is 1. The molecule has 2 unspecified atom stereocenters. The number of rotatable bonds is 21. The summed E-state index contributed by atoms with van der Waals surface area (Å²) in [4.78, 5) is 64.5. The molecule has 398 valence electrons. The molecule has 74 heavy (non-hydrogen) atoms. The third-order valence-electron chi connectivity index (χ3n) is 13.5. The van der Waals surface area contributed by atoms with E-state index in [4.69, 9.17) is 21.7 Å². The summed E-state index contributed by atoms with van der Waals surface area (Å²) in [5.41, 5.74) is 0.0868. The van der Waals surface area contributed by atoms with Gasteiger partial charge in [0.05, 0.1) is 63.2 Å². The first-order valence-corrected chi connectivity index (χ1v) is 25.9. The molecule has 3 aromatic carbocycles. The maximum atomic E-state index is 14.2. The summed E-state index contributed by atoms with van der Waals surface area (Å²) in [5, 5.41) is 36.9. The molecule has 2 aliphatic heterocycles. The molecule has 6 rings (SSSR count). The summed E-state index contributed by atoms with van der Waals surface area (Å²) in [5.74, 6) is -1.37. The van der Waals surface area contributed by atoms with Crippen LogP contribution in [0.1, 0.15) is 109 Å². The number of hydrogen-bond acceptors (Lipinski definition) is 12. The van der Waals surface area contributed by atoms with Gasteiger partial charge in [-0.25, -0.2) is 4.98 Å². The number of aryl methyl sites for hydroxylation is 1. The lowest BCUT2D eigenvalue weighted by molar-refractivity contribution is -0.147. The third kappa shape index (κ3) is 13.3. The van der Waals surface area contributed by atoms with Gasteiger partial charge in [-0.15, -0.1) is 11.3 Å². The van der Waals surface area contributed by atoms with E-state index in [-0.39, 0.29) is 36.7 Å². The highest BCUT2D eigenvalue weighted by Crippen LogP contribution is 2.40. The minimum Gasteiger partial charge on any atom is -0.494 e. The van der Waals surface area contributed by atoms with Crippen LogP contribution in [0.3, 0.4) is 0 Å². The molecule has 3 heterocycles. The van der Waals surface area contributed by atoms with Crippen molar-refractivity contribution in [2.24, 2.45) is 10.8 Å². The van der Waals surface area contributed by atoms with E-state index >= 15 is 0 Å². The fourth-order valence-electron chi connectivity index (χ4n) is 8.91. The third-order valence-corrected chi connectivity index (χ3v) is 14.9. The molecule has 15 nitrogen and oxygen atoms in total. The van der Waals surface area contributed by atoms with Gasteiger partial charge in [-0.2, -0.15) is 18.4 Å². The number of carbonyl (C=O) groups is 4. The number of nitrogens with zero attached hydrogens (tertiary/aromatic N) is 5. The Kier molecular flexibility index (Phi) is 18.4. The molecule has 0 saturated carbocycles. The Balaban J connectivity index is 0.896. The number of likely N-dealkylation sites (tertiary alicyclic amines) is 1. The van der Waals surface area contributed by atoms with Crippen molar-refractivity contribution < 1.29 is 52.0 Å². The van der Waals surface area contributed by atoms with Crippen LogP contribution in [0.4, 0.5) is 24.5 Å². The number of benzene rings is 3. The Labute approximate surface area is 440 Å². The number of aromatic nitrogens is 1. The number of anilines is 2. The van der Waals surface area contributed by atoms with Gasteiger partial charge in [-0.1, -0.05) is 45.0 Å². The molecule has 0 aliphatic carbocycles. The van der Waals surface area contributed by atoms with Crippen molar-refractivity contribution in [1.82, 2.24) is 20.5 Å². The molecule has 4 amide bonds. The summed E-state index contributed by atoms with van der Waals surface area (Å²) < 4.78 is 52.9. The number of hydrogen-bond donors (Lipinski definition) is 4. The van der Waals surface area contributed by atoms with Crippen LogP contribution in [-0.2, 0) is 36.6 Å². The monoisotopic (exact) mass is 1060 g/mol. The Morgan fingerprint density at radius 1 is 0.959 bits per heavy atom. The molecule has 0 spiro atoms. The number of unbranched alkanes of at least 4 members (excludes halogenated alkanes) is 2. The lowest BCUT2D eigenvalue weighted by atomic mass is 9.80. The highest BCUT2D eigenvalue weighted by atomic mass is 32.1. The maximum Gasteiger partial charge on any atom is 0.417 e. The van der Waals surface area contributed by atoms with Crippen LogP contribution >= 0.6 is 23.6 Å². The fraction of sp³-hybridized carbons (Fsp3) is 0.500. The van der Waals surface area contributed by atoms with Crippen LogP contribution in [0.2, 0.25) is 0 Å². The predicted molar refractivity (Wildman–Crippen MR) is 280 cm³/mol. The first kappa shape index (κ1) is 57.3. The number of ether oxygens (including phenoxy) is 2. The summed E-state index contributed by atoms with van der Waals surface area (Å²) in [6.45, 7) is 15.3. The second-order valence-corrected chi connectivity index (χ2v) is 22.1. The Morgan fingerprint density at radius 2 is 1.61 bits per heavy atom. The van der Waals surface area contributed by atoms with Crippen molar-refractivity contribution >= 4 is 63.7 Å². The van der Waals surface area contributed by atoms with E-state index in [2.05, 4.69) is 15.6 Å². The van der Waals surface area contributed by atoms with Crippen LogP contribution in [0.25, 0.3) is 10.4 Å². The summed E-state index contributed by atoms with van der Waals surface area (Å²) in [6, 6.07) is 17.3. The van der Waals surface area contributed by atoms with Gasteiger partial charge in [0.1, 0.15) is 23.4 Å². The number of thiocarbonyl (C=S) groups is 1. The second-order valence-electron chi connectivity index (χ2n) is 20.9. The van der Waals surface area contributed by atoms with Gasteiger partial charge in [-0.05, 0) is 138 Å². The molecule has 4 atom stereocenters. The Morgan fingerprint density at radius 3 is 2.23 bits per heavy atom. The number of aliphatic hydroxyl groups excluding tert-OH is 2. The molecular weight excluding hydrogens is 996 g/mol. The molecule has 0 bridgehead atoms. The van der Waals surface area contributed by atoms with Crippen LogP contribution in [0.15, 0.2) is 72.2 Å². The lowest BCUT2D eigenvalue weighted by Crippen LogP contribution is -2.60. The normalized spacial score (nSPS) is 17.8. The predicted octanol–water partition coefficient (Wildman–Crippen LogP) is 8.47. The summed E-state index contributed by atoms with van der Waals surface area (Å²) >= 11 is 7.19. The van der Waals surface area contributed by atoms with E-state index in [1.807, 2.05) is 52.0 Å². The van der Waals surface area contributed by atoms with Gasteiger partial charge >= 0.3 is 6.18 Å². The molecule has 2 saturated heterocycles. The second kappa shape index (κ2) is 23.7. The number of carbonyl (C=O) groups excluding carboxylic acids is 4. The van der Waals surface area contributed by atoms with Crippen molar-refractivity contribution in [3.63, 3.8) is 0 Å². The number of alkyl halides is 3. The zero-order valence-electron chi connectivity index (χ0n) is 43.0. The van der Waals surface area contributed by atoms with Gasteiger partial charge < -0.3 is 40.1 Å². The van der Waals surface area contributed by atoms with Gasteiger partial charge in [0.15, 0.2) is 5.11 Å². The molecule has 4 N–H and O–H groups in total. The first-order chi connectivity index (χ1) is 34.8. The van der Waals surface area contributed by atoms with Gasteiger partial charge in [0.25, 0.3) is 5.91 Å². The molecule has 1 aromatic heterocycles. The molecule has 2 fully saturated rings. The number of nitriles is 1. The van der Waals surface area contributed by atoms with Crippen molar-refractivity contribution in [3.8, 4) is 22.3 Å². The minimum absolute atomic E-state index is 0.00633. The largest absolute Gasteiger partial charge is 0.494 e. The smallest absolute Gasteiger partial charge is 0.417 e. The van der Waals surface area contributed by atoms with Crippen molar-refractivity contribution in [3.05, 3.63) is 94.6 Å². The highest BCUT2D eigenvalue weighted by molar-refractivity contribution is 7.81. The van der Waals surface area contributed by atoms with Crippen molar-refractivity contribution in [1.29, 1.82) is 5.26 Å². The standard InChI is InChI=1S/C54H66F3N7O8S2/c1-33-44(74-32-60-33)35-16-14-34(15-17-35)30-59-46(67)42-28-39(65)31-62(42)47(68)45(51(2,3)4)61-48(69)52(5,6)43(66)13-12-25-71-24-10-9-11-26-72-40-22-20-37(21-23-40)64-50(73)63(49(70)53(64,7)8)38-19-18-36(29-58)41(27-38)54(55,56)57/h14-23,27,32,39,42-43,45,65-66H,9-13,24-26,28,30-31H2,1-8H3,(H,59,67)(H,61,69)/t39-,42+,43?,45?/m1/s1. The van der Waals surface area contributed by atoms with Gasteiger partial charge in [0, 0.05) is 38.4 Å². The zero-order valence-corrected chi connectivity index (χ0v) is 44.7. The van der Waals surface area contributed by atoms with Gasteiger partial charge in [-0.3, -0.25) is 24.1 Å². The average molecular weight is 1060 g/mol. The first-order valence-electron chi connectivity index (χ1n) is 24.6. The topological polar surface area (TPSA) is 198 Å². The van der Waals surface area contributed by atoms with Crippen LogP contribution in [-0.4, -0.2) is 105 Å². The number of nitrogens with one attached hydrogen (secondary N) is 2. The highest BCUT2D eigenvalue weighted by Gasteiger charge is 2.51. The van der Waals surface area contributed by atoms with E-state index in [9.17, 15) is 47.8 Å². The maximum absolute atomic E-state index is 14.2. The van der Waals surface area contributed by atoms with Crippen LogP contribution < -0.4 is 25.2 Å². The summed E-state index contributed by atoms with van der Waals surface area (Å²) in [6.07, 6.45) is -3.67. The summed E-state index contributed by atoms with van der Waals surface area (Å²) in [7, 11) is 0. The Hall–Kier alpha value is -5.98. The molecule has 4 aromatic rings. The van der Waals surface area contributed by atoms with Crippen molar-refractivity contribution in [2.75, 3.05) is 36.2 Å². The lowest BCUT2D eigenvalue weighted by Gasteiger charge is -2.38. The zero-order chi connectivity index (χ0) is 54.3. The number of amides is 4. The number of halogens is 3. The Bertz CT molecular complexity index is 2700. The molecule has 0 radical (unpaired) electrons. The number of β-amino-alcohol motifs (C(OH)–C–C–N with tert-alkyl or cyclic N) is 1. The minimum atomic E-state index is -4.81. The fourth-order valence-corrected chi connectivity index (χ4v) is 10.2. The van der Waals surface area contributed by atoms with Crippen LogP contribution in [0, 0.1) is 29.1 Å². The van der Waals surface area contributed by atoms with Gasteiger partial charge in [0.2, 0.25) is 17.7 Å². The van der Waals surface area contributed by atoms with E-state index < -0.39 is 81.6 Å². The van der Waals surface area contributed by atoms with E-state index in [1.54, 1.807) is 79.8 Å². The number of aliphatic hydroxyl groups is 2. The van der Waals surface area contributed by atoms with E-state index in [0.717, 1.165) is 58.0 Å². The quantitative estimate of drug-likeness (QED) is 0.0460. The van der Waals surface area contributed by atoms with E-state index in [0.29, 0.717) is 37.7 Å². The van der Waals surface area contributed by atoms with Crippen LogP contribution in [0.5, 0.6) is 5.75 Å². The molecule has 2 aliphatic rings. The molecular formula is C54H66F3N7O8S2. The molecule has 20 heteroatoms. The van der Waals surface area contributed by atoms with E-state index in [1.165, 1.54) is 11.0 Å².